The summed E-state index contributed by atoms with van der Waals surface area (Å²) in [6.07, 6.45) is 0. The first-order chi connectivity index (χ1) is 13.7. The van der Waals surface area contributed by atoms with Crippen LogP contribution in [0.3, 0.4) is 0 Å². The van der Waals surface area contributed by atoms with E-state index in [1.54, 1.807) is 6.07 Å². The zero-order chi connectivity index (χ0) is 19.3. The van der Waals surface area contributed by atoms with E-state index in [9.17, 15) is 9.59 Å². The van der Waals surface area contributed by atoms with Gasteiger partial charge in [0.2, 0.25) is 0 Å². The molecule has 1 aliphatic heterocycles. The Balaban J connectivity index is 1.26. The highest BCUT2D eigenvalue weighted by atomic mass is 32.1. The number of piperazine rings is 1. The van der Waals surface area contributed by atoms with Gasteiger partial charge in [-0.15, -0.1) is 0 Å². The number of hydrogen-bond donors (Lipinski definition) is 1. The second kappa shape index (κ2) is 8.50. The normalized spacial score (nSPS) is 14.9. The first-order valence-electron chi connectivity index (χ1n) is 9.38. The van der Waals surface area contributed by atoms with Crippen LogP contribution >= 0.6 is 11.3 Å². The van der Waals surface area contributed by atoms with Crippen molar-refractivity contribution < 1.29 is 9.59 Å². The highest BCUT2D eigenvalue weighted by molar-refractivity contribution is 7.08. The van der Waals surface area contributed by atoms with Crippen LogP contribution in [0.4, 0.5) is 0 Å². The van der Waals surface area contributed by atoms with Crippen LogP contribution in [-0.2, 0) is 0 Å². The molecule has 0 bridgehead atoms. The maximum absolute atomic E-state index is 12.8. The van der Waals surface area contributed by atoms with E-state index in [-0.39, 0.29) is 11.8 Å². The molecule has 28 heavy (non-hydrogen) atoms. The third-order valence-corrected chi connectivity index (χ3v) is 5.66. The Morgan fingerprint density at radius 1 is 1.04 bits per heavy atom. The first-order valence-corrected chi connectivity index (χ1v) is 10.3. The monoisotopic (exact) mass is 394 g/mol. The Kier molecular flexibility index (Phi) is 5.64. The molecule has 7 heteroatoms. The van der Waals surface area contributed by atoms with Crippen molar-refractivity contribution in [1.82, 2.24) is 20.1 Å². The van der Waals surface area contributed by atoms with E-state index in [1.807, 2.05) is 52.1 Å². The van der Waals surface area contributed by atoms with E-state index >= 15 is 0 Å². The highest BCUT2D eigenvalue weighted by Gasteiger charge is 2.23. The van der Waals surface area contributed by atoms with Crippen molar-refractivity contribution in [3.8, 4) is 0 Å². The van der Waals surface area contributed by atoms with Crippen molar-refractivity contribution >= 4 is 34.1 Å². The predicted molar refractivity (Wildman–Crippen MR) is 111 cm³/mol. The molecule has 6 nitrogen and oxygen atoms in total. The molecule has 0 aliphatic carbocycles. The Labute approximate surface area is 167 Å². The summed E-state index contributed by atoms with van der Waals surface area (Å²) >= 11 is 1.52. The van der Waals surface area contributed by atoms with Crippen molar-refractivity contribution in [2.24, 2.45) is 0 Å². The van der Waals surface area contributed by atoms with Crippen LogP contribution in [0.15, 0.2) is 53.2 Å². The maximum Gasteiger partial charge on any atom is 0.272 e. The van der Waals surface area contributed by atoms with Crippen molar-refractivity contribution in [2.75, 3.05) is 39.3 Å². The molecule has 2 amide bonds. The number of thiophene rings is 1. The van der Waals surface area contributed by atoms with Gasteiger partial charge in [0.05, 0.1) is 5.52 Å². The molecule has 0 saturated carbocycles. The van der Waals surface area contributed by atoms with E-state index < -0.39 is 0 Å². The van der Waals surface area contributed by atoms with Gasteiger partial charge < -0.3 is 10.2 Å². The minimum Gasteiger partial charge on any atom is -0.351 e. The molecule has 1 saturated heterocycles. The summed E-state index contributed by atoms with van der Waals surface area (Å²) in [4.78, 5) is 33.4. The molecule has 1 fully saturated rings. The van der Waals surface area contributed by atoms with Gasteiger partial charge in [0.25, 0.3) is 11.8 Å². The van der Waals surface area contributed by atoms with E-state index in [2.05, 4.69) is 15.2 Å². The van der Waals surface area contributed by atoms with Crippen molar-refractivity contribution in [3.05, 3.63) is 64.5 Å². The number of aromatic nitrogens is 1. The van der Waals surface area contributed by atoms with Gasteiger partial charge in [0, 0.05) is 55.6 Å². The fourth-order valence-electron chi connectivity index (χ4n) is 3.34. The number of carbonyl (C=O) groups excluding carboxylic acids is 2. The lowest BCUT2D eigenvalue weighted by Crippen LogP contribution is -2.50. The van der Waals surface area contributed by atoms with Gasteiger partial charge in [-0.3, -0.25) is 14.5 Å². The molecule has 144 valence electrons. The van der Waals surface area contributed by atoms with Gasteiger partial charge in [-0.1, -0.05) is 24.3 Å². The fraction of sp³-hybridized carbons (Fsp3) is 0.286. The molecule has 1 aliphatic rings. The van der Waals surface area contributed by atoms with E-state index in [0.717, 1.165) is 30.5 Å². The number of carbonyl (C=O) groups is 2. The molecule has 1 aromatic carbocycles. The standard InChI is InChI=1S/C21H22N4O2S/c26-20(17-7-14-28-15-17)22-8-9-24-10-12-25(13-11-24)21(27)19-6-5-16-3-1-2-4-18(16)23-19/h1-7,14-15H,8-13H2,(H,22,26). The summed E-state index contributed by atoms with van der Waals surface area (Å²) in [5, 5.41) is 7.73. The Hall–Kier alpha value is -2.77. The first kappa shape index (κ1) is 18.6. The van der Waals surface area contributed by atoms with Crippen LogP contribution in [0.2, 0.25) is 0 Å². The molecule has 0 atom stereocenters. The maximum atomic E-state index is 12.8. The highest BCUT2D eigenvalue weighted by Crippen LogP contribution is 2.14. The largest absolute Gasteiger partial charge is 0.351 e. The molecule has 4 rings (SSSR count). The van der Waals surface area contributed by atoms with Crippen LogP contribution in [0, 0.1) is 0 Å². The van der Waals surface area contributed by atoms with Crippen LogP contribution in [0.5, 0.6) is 0 Å². The van der Waals surface area contributed by atoms with Gasteiger partial charge in [0.15, 0.2) is 0 Å². The van der Waals surface area contributed by atoms with Gasteiger partial charge in [-0.2, -0.15) is 11.3 Å². The summed E-state index contributed by atoms with van der Waals surface area (Å²) in [6.45, 7) is 4.33. The van der Waals surface area contributed by atoms with Crippen molar-refractivity contribution in [1.29, 1.82) is 0 Å². The van der Waals surface area contributed by atoms with E-state index in [0.29, 0.717) is 30.9 Å². The summed E-state index contributed by atoms with van der Waals surface area (Å²) in [6, 6.07) is 13.4. The lowest BCUT2D eigenvalue weighted by atomic mass is 10.2. The number of amides is 2. The Morgan fingerprint density at radius 3 is 2.64 bits per heavy atom. The zero-order valence-electron chi connectivity index (χ0n) is 15.5. The van der Waals surface area contributed by atoms with Gasteiger partial charge in [0.1, 0.15) is 5.69 Å². The Morgan fingerprint density at radius 2 is 1.86 bits per heavy atom. The number of fused-ring (bicyclic) bond motifs is 1. The minimum atomic E-state index is -0.0301. The predicted octanol–water partition coefficient (Wildman–Crippen LogP) is 2.48. The van der Waals surface area contributed by atoms with Crippen LogP contribution in [-0.4, -0.2) is 65.9 Å². The second-order valence-electron chi connectivity index (χ2n) is 6.79. The molecule has 3 aromatic rings. The summed E-state index contributed by atoms with van der Waals surface area (Å²) in [5.41, 5.74) is 2.05. The number of nitrogens with zero attached hydrogens (tertiary/aromatic N) is 3. The summed E-state index contributed by atoms with van der Waals surface area (Å²) < 4.78 is 0. The average Bonchev–Trinajstić information content (AvgIpc) is 3.28. The molecular weight excluding hydrogens is 372 g/mol. The Bertz CT molecular complexity index is 965. The van der Waals surface area contributed by atoms with E-state index in [4.69, 9.17) is 0 Å². The van der Waals surface area contributed by atoms with Crippen molar-refractivity contribution in [3.63, 3.8) is 0 Å². The summed E-state index contributed by atoms with van der Waals surface area (Å²) in [7, 11) is 0. The molecule has 0 radical (unpaired) electrons. The number of rotatable bonds is 5. The van der Waals surface area contributed by atoms with E-state index in [1.165, 1.54) is 11.3 Å². The molecule has 2 aromatic heterocycles. The number of para-hydroxylation sites is 1. The number of benzene rings is 1. The molecule has 0 unspecified atom stereocenters. The average molecular weight is 395 g/mol. The third kappa shape index (κ3) is 4.21. The smallest absolute Gasteiger partial charge is 0.272 e. The van der Waals surface area contributed by atoms with Gasteiger partial charge in [-0.05, 0) is 23.6 Å². The molecule has 3 heterocycles. The fourth-order valence-corrected chi connectivity index (χ4v) is 3.98. The number of pyridine rings is 1. The topological polar surface area (TPSA) is 65.5 Å². The lowest BCUT2D eigenvalue weighted by molar-refractivity contribution is 0.0632. The van der Waals surface area contributed by atoms with Crippen LogP contribution in [0.25, 0.3) is 10.9 Å². The summed E-state index contributed by atoms with van der Waals surface area (Å²) in [5.74, 6) is -0.0476. The SMILES string of the molecule is O=C(NCCN1CCN(C(=O)c2ccc3ccccc3n2)CC1)c1ccsc1. The van der Waals surface area contributed by atoms with Crippen LogP contribution < -0.4 is 5.32 Å². The zero-order valence-corrected chi connectivity index (χ0v) is 16.3. The van der Waals surface area contributed by atoms with Crippen LogP contribution in [0.1, 0.15) is 20.8 Å². The number of nitrogens with one attached hydrogen (secondary N) is 1. The molecular formula is C21H22N4O2S. The quantitative estimate of drug-likeness (QED) is 0.722. The number of hydrogen-bond acceptors (Lipinski definition) is 5. The molecule has 1 N–H and O–H groups in total. The second-order valence-corrected chi connectivity index (χ2v) is 7.57. The van der Waals surface area contributed by atoms with Gasteiger partial charge in [-0.25, -0.2) is 4.98 Å². The van der Waals surface area contributed by atoms with Gasteiger partial charge >= 0.3 is 0 Å². The molecule has 0 spiro atoms. The lowest BCUT2D eigenvalue weighted by Gasteiger charge is -2.34. The van der Waals surface area contributed by atoms with Crippen molar-refractivity contribution in [2.45, 2.75) is 0 Å². The third-order valence-electron chi connectivity index (χ3n) is 4.97. The minimum absolute atomic E-state index is 0.0174.